The van der Waals surface area contributed by atoms with Gasteiger partial charge in [0.2, 0.25) is 5.82 Å². The Hall–Kier alpha value is -3.26. The van der Waals surface area contributed by atoms with Crippen molar-refractivity contribution in [2.24, 2.45) is 10.8 Å². The number of halogens is 2. The average Bonchev–Trinajstić information content (AvgIpc) is 3.27. The Bertz CT molecular complexity index is 1630. The zero-order chi connectivity index (χ0) is 24.5. The number of furan rings is 1. The number of fused-ring (bicyclic) bond motifs is 2. The normalized spacial score (nSPS) is 11.5. The number of nitrogens with zero attached hydrogens (tertiary/aromatic N) is 3. The fourth-order valence-corrected chi connectivity index (χ4v) is 5.67. The van der Waals surface area contributed by atoms with E-state index in [9.17, 15) is 9.59 Å². The minimum atomic E-state index is -0.552. The van der Waals surface area contributed by atoms with E-state index in [0.717, 1.165) is 18.1 Å². The molecular weight excluding hydrogens is 674 g/mol. The Labute approximate surface area is 226 Å². The molecule has 5 aromatic rings. The van der Waals surface area contributed by atoms with Gasteiger partial charge >= 0.3 is 0 Å². The number of hydrogen-bond donors (Lipinski definition) is 1. The topological polar surface area (TPSA) is 113 Å². The third kappa shape index (κ3) is 4.80. The molecule has 0 aliphatic rings. The predicted octanol–water partition coefficient (Wildman–Crippen LogP) is 4.77. The van der Waals surface area contributed by atoms with Gasteiger partial charge in [0.15, 0.2) is 12.4 Å². The third-order valence-electron chi connectivity index (χ3n) is 5.10. The fraction of sp³-hybridized carbons (Fsp3) is 0.0400. The summed E-state index contributed by atoms with van der Waals surface area (Å²) in [6.45, 7) is -0.210. The minimum Gasteiger partial charge on any atom is -0.482 e. The average molecular weight is 690 g/mol. The van der Waals surface area contributed by atoms with Gasteiger partial charge in [0.1, 0.15) is 11.3 Å². The molecule has 5 rings (SSSR count). The second-order valence-corrected chi connectivity index (χ2v) is 9.86. The first-order valence-electron chi connectivity index (χ1n) is 10.4. The van der Waals surface area contributed by atoms with Crippen LogP contribution in [0.3, 0.4) is 0 Å². The highest BCUT2D eigenvalue weighted by atomic mass is 127. The van der Waals surface area contributed by atoms with Crippen LogP contribution in [0.25, 0.3) is 33.5 Å². The van der Waals surface area contributed by atoms with Crippen molar-refractivity contribution in [2.45, 2.75) is 0 Å². The van der Waals surface area contributed by atoms with Crippen molar-refractivity contribution >= 4 is 79.2 Å². The first-order chi connectivity index (χ1) is 16.9. The Morgan fingerprint density at radius 1 is 1.09 bits per heavy atom. The first kappa shape index (κ1) is 23.5. The van der Waals surface area contributed by atoms with E-state index in [1.165, 1.54) is 4.68 Å². The molecule has 0 saturated carbocycles. The van der Waals surface area contributed by atoms with Crippen molar-refractivity contribution in [3.05, 3.63) is 89.8 Å². The molecule has 2 N–H and O–H groups in total. The maximum atomic E-state index is 13.4. The Kier molecular flexibility index (Phi) is 6.56. The van der Waals surface area contributed by atoms with Crippen LogP contribution < -0.4 is 16.0 Å². The van der Waals surface area contributed by atoms with E-state index < -0.39 is 5.91 Å². The Morgan fingerprint density at radius 3 is 2.54 bits per heavy atom. The summed E-state index contributed by atoms with van der Waals surface area (Å²) >= 11 is 4.23. The van der Waals surface area contributed by atoms with Crippen LogP contribution in [0.4, 0.5) is 0 Å². The molecule has 1 amide bonds. The molecule has 0 bridgehead atoms. The molecule has 174 valence electrons. The smallest absolute Gasteiger partial charge is 0.282 e. The van der Waals surface area contributed by atoms with Crippen LogP contribution in [0.15, 0.2) is 81.0 Å². The van der Waals surface area contributed by atoms with Gasteiger partial charge in [-0.1, -0.05) is 30.3 Å². The molecular formula is C25H16I2N4O4. The van der Waals surface area contributed by atoms with E-state index >= 15 is 0 Å². The van der Waals surface area contributed by atoms with Crippen molar-refractivity contribution in [3.8, 4) is 17.3 Å². The van der Waals surface area contributed by atoms with Crippen LogP contribution in [0.1, 0.15) is 5.56 Å². The van der Waals surface area contributed by atoms with E-state index in [1.54, 1.807) is 24.4 Å². The number of carbonyl (C=O) groups excluding carboxylic acids is 1. The molecule has 0 spiro atoms. The van der Waals surface area contributed by atoms with Crippen LogP contribution in [0, 0.1) is 7.14 Å². The van der Waals surface area contributed by atoms with Gasteiger partial charge in [-0.2, -0.15) is 9.78 Å². The van der Waals surface area contributed by atoms with Gasteiger partial charge in [0, 0.05) is 5.39 Å². The number of rotatable bonds is 6. The molecule has 35 heavy (non-hydrogen) atoms. The van der Waals surface area contributed by atoms with E-state index in [2.05, 4.69) is 50.3 Å². The largest absolute Gasteiger partial charge is 0.482 e. The molecule has 3 aromatic carbocycles. The van der Waals surface area contributed by atoms with Crippen LogP contribution in [-0.4, -0.2) is 28.4 Å². The summed E-state index contributed by atoms with van der Waals surface area (Å²) in [5.74, 6) is 0.746. The van der Waals surface area contributed by atoms with Crippen molar-refractivity contribution in [2.75, 3.05) is 6.61 Å². The van der Waals surface area contributed by atoms with Crippen LogP contribution in [0.5, 0.6) is 5.75 Å². The number of ether oxygens (including phenoxy) is 1. The number of primary amides is 1. The predicted molar refractivity (Wildman–Crippen MR) is 151 cm³/mol. The molecule has 0 aliphatic heterocycles. The quantitative estimate of drug-likeness (QED) is 0.204. The Balaban J connectivity index is 1.62. The van der Waals surface area contributed by atoms with E-state index in [0.29, 0.717) is 33.8 Å². The summed E-state index contributed by atoms with van der Waals surface area (Å²) in [7, 11) is 0. The molecule has 0 saturated heterocycles. The monoisotopic (exact) mass is 690 g/mol. The van der Waals surface area contributed by atoms with Crippen molar-refractivity contribution in [1.29, 1.82) is 0 Å². The summed E-state index contributed by atoms with van der Waals surface area (Å²) in [6, 6.07) is 20.2. The van der Waals surface area contributed by atoms with Gasteiger partial charge in [-0.3, -0.25) is 9.59 Å². The van der Waals surface area contributed by atoms with Crippen LogP contribution >= 0.6 is 45.2 Å². The van der Waals surface area contributed by atoms with Crippen LogP contribution in [0.2, 0.25) is 0 Å². The SMILES string of the molecule is NC(=O)COc1c(I)cc(C=Nn2c(-c3cc4ccccc4o3)nc3ccccc3c2=O)cc1I. The minimum absolute atomic E-state index is 0.210. The third-order valence-corrected chi connectivity index (χ3v) is 6.70. The van der Waals surface area contributed by atoms with Gasteiger partial charge in [-0.15, -0.1) is 0 Å². The lowest BCUT2D eigenvalue weighted by atomic mass is 10.2. The highest BCUT2D eigenvalue weighted by Gasteiger charge is 2.16. The van der Waals surface area contributed by atoms with E-state index in [-0.39, 0.29) is 12.2 Å². The maximum Gasteiger partial charge on any atom is 0.282 e. The lowest BCUT2D eigenvalue weighted by Crippen LogP contribution is -2.21. The van der Waals surface area contributed by atoms with Crippen LogP contribution in [-0.2, 0) is 4.79 Å². The van der Waals surface area contributed by atoms with Gasteiger partial charge in [-0.25, -0.2) is 4.98 Å². The highest BCUT2D eigenvalue weighted by Crippen LogP contribution is 2.29. The van der Waals surface area contributed by atoms with E-state index in [4.69, 9.17) is 19.9 Å². The number of hydrogen-bond acceptors (Lipinski definition) is 6. The molecule has 2 aromatic heterocycles. The lowest BCUT2D eigenvalue weighted by molar-refractivity contribution is -0.119. The number of para-hydroxylation sites is 2. The first-order valence-corrected chi connectivity index (χ1v) is 12.5. The molecule has 0 unspecified atom stereocenters. The van der Waals surface area contributed by atoms with Crippen molar-refractivity contribution in [3.63, 3.8) is 0 Å². The summed E-state index contributed by atoms with van der Waals surface area (Å²) in [4.78, 5) is 29.2. The second kappa shape index (κ2) is 9.77. The summed E-state index contributed by atoms with van der Waals surface area (Å²) in [6.07, 6.45) is 1.58. The van der Waals surface area contributed by atoms with Gasteiger partial charge in [0.05, 0.1) is 24.3 Å². The fourth-order valence-electron chi connectivity index (χ4n) is 3.54. The summed E-state index contributed by atoms with van der Waals surface area (Å²) < 4.78 is 14.3. The van der Waals surface area contributed by atoms with Crippen molar-refractivity contribution in [1.82, 2.24) is 9.66 Å². The number of benzene rings is 3. The molecule has 0 fully saturated rings. The van der Waals surface area contributed by atoms with Gasteiger partial charge in [0.25, 0.3) is 11.5 Å². The van der Waals surface area contributed by atoms with Crippen molar-refractivity contribution < 1.29 is 13.9 Å². The lowest BCUT2D eigenvalue weighted by Gasteiger charge is -2.10. The second-order valence-electron chi connectivity index (χ2n) is 7.53. The Morgan fingerprint density at radius 2 is 1.80 bits per heavy atom. The van der Waals surface area contributed by atoms with Gasteiger partial charge in [-0.05, 0) is 87.1 Å². The maximum absolute atomic E-state index is 13.4. The molecule has 0 atom stereocenters. The number of aromatic nitrogens is 2. The number of amides is 1. The zero-order valence-corrected chi connectivity index (χ0v) is 22.3. The summed E-state index contributed by atoms with van der Waals surface area (Å²) in [5, 5.41) is 5.84. The molecule has 2 heterocycles. The van der Waals surface area contributed by atoms with E-state index in [1.807, 2.05) is 48.5 Å². The molecule has 0 aliphatic carbocycles. The molecule has 0 radical (unpaired) electrons. The highest BCUT2D eigenvalue weighted by molar-refractivity contribution is 14.1. The molecule has 8 nitrogen and oxygen atoms in total. The standard InChI is InChI=1S/C25H16I2N4O4/c26-17-9-14(10-18(27)23(17)34-13-22(28)32)12-29-31-24(21-11-15-5-1-4-8-20(15)35-21)30-19-7-3-2-6-16(19)25(31)33/h1-12H,13H2,(H2,28,32). The molecule has 10 heteroatoms. The summed E-state index contributed by atoms with van der Waals surface area (Å²) in [5.41, 5.74) is 6.86. The number of carbonyl (C=O) groups is 1. The zero-order valence-electron chi connectivity index (χ0n) is 17.9. The number of nitrogens with two attached hydrogens (primary N) is 1. The van der Waals surface area contributed by atoms with Gasteiger partial charge < -0.3 is 14.9 Å².